The summed E-state index contributed by atoms with van der Waals surface area (Å²) in [6.07, 6.45) is 0. The molecule has 7 nitrogen and oxygen atoms in total. The topological polar surface area (TPSA) is 85.4 Å². The van der Waals surface area contributed by atoms with Crippen LogP contribution in [0.25, 0.3) is 0 Å². The number of carbonyl (C=O) groups is 1. The van der Waals surface area contributed by atoms with Crippen LogP contribution in [0, 0.1) is 6.92 Å². The monoisotopic (exact) mass is 362 g/mol. The minimum absolute atomic E-state index is 0.190. The molecule has 0 saturated carbocycles. The largest absolute Gasteiger partial charge is 0.454 e. The summed E-state index contributed by atoms with van der Waals surface area (Å²) < 4.78 is 10.6. The van der Waals surface area contributed by atoms with E-state index in [1.807, 2.05) is 12.1 Å². The lowest BCUT2D eigenvalue weighted by atomic mass is 10.1. The van der Waals surface area contributed by atoms with Crippen LogP contribution < -0.4 is 20.1 Å². The first kappa shape index (κ1) is 16.8. The number of benzene rings is 2. The molecule has 0 fully saturated rings. The molecule has 27 heavy (non-hydrogen) atoms. The molecule has 1 aliphatic rings. The number of hydrogen-bond donors (Lipinski definition) is 2. The third-order valence-electron chi connectivity index (χ3n) is 4.25. The van der Waals surface area contributed by atoms with Crippen LogP contribution in [-0.4, -0.2) is 22.9 Å². The second-order valence-corrected chi connectivity index (χ2v) is 6.11. The minimum Gasteiger partial charge on any atom is -0.454 e. The standard InChI is InChI=1S/C20H18N4O3/c1-13-4-2-3-5-14(13)11-21-19-9-7-16(23-24-19)20(25)22-15-6-8-17-18(10-15)27-12-26-17/h2-10H,11-12H2,1H3,(H,21,24)(H,22,25). The number of aryl methyl sites for hydroxylation is 1. The van der Waals surface area contributed by atoms with Gasteiger partial charge in [0.25, 0.3) is 5.91 Å². The van der Waals surface area contributed by atoms with E-state index in [9.17, 15) is 4.79 Å². The first-order chi connectivity index (χ1) is 13.2. The van der Waals surface area contributed by atoms with Crippen molar-refractivity contribution in [2.24, 2.45) is 0 Å². The molecule has 3 aromatic rings. The van der Waals surface area contributed by atoms with E-state index in [1.165, 1.54) is 11.1 Å². The summed E-state index contributed by atoms with van der Waals surface area (Å²) in [5.41, 5.74) is 3.23. The lowest BCUT2D eigenvalue weighted by Crippen LogP contribution is -2.15. The van der Waals surface area contributed by atoms with Gasteiger partial charge >= 0.3 is 0 Å². The van der Waals surface area contributed by atoms with Gasteiger partial charge in [-0.1, -0.05) is 24.3 Å². The molecular formula is C20H18N4O3. The molecule has 2 heterocycles. The first-order valence-corrected chi connectivity index (χ1v) is 8.52. The van der Waals surface area contributed by atoms with Crippen LogP contribution in [0.3, 0.4) is 0 Å². The Morgan fingerprint density at radius 3 is 2.70 bits per heavy atom. The van der Waals surface area contributed by atoms with Crippen molar-refractivity contribution in [1.29, 1.82) is 0 Å². The van der Waals surface area contributed by atoms with Gasteiger partial charge in [-0.3, -0.25) is 4.79 Å². The number of aromatic nitrogens is 2. The van der Waals surface area contributed by atoms with Gasteiger partial charge in [-0.25, -0.2) is 0 Å². The molecule has 1 amide bonds. The highest BCUT2D eigenvalue weighted by atomic mass is 16.7. The van der Waals surface area contributed by atoms with Gasteiger partial charge < -0.3 is 20.1 Å². The Hall–Kier alpha value is -3.61. The maximum Gasteiger partial charge on any atom is 0.276 e. The predicted molar refractivity (Wildman–Crippen MR) is 101 cm³/mol. The zero-order valence-corrected chi connectivity index (χ0v) is 14.7. The van der Waals surface area contributed by atoms with Gasteiger partial charge in [-0.05, 0) is 42.3 Å². The van der Waals surface area contributed by atoms with E-state index in [1.54, 1.807) is 30.3 Å². The molecule has 2 N–H and O–H groups in total. The Labute approximate surface area is 156 Å². The van der Waals surface area contributed by atoms with E-state index in [-0.39, 0.29) is 18.4 Å². The fraction of sp³-hybridized carbons (Fsp3) is 0.150. The van der Waals surface area contributed by atoms with Gasteiger partial charge in [-0.2, -0.15) is 0 Å². The third kappa shape index (κ3) is 3.82. The van der Waals surface area contributed by atoms with Gasteiger partial charge in [0.15, 0.2) is 17.2 Å². The Balaban J connectivity index is 1.38. The van der Waals surface area contributed by atoms with Crippen LogP contribution >= 0.6 is 0 Å². The van der Waals surface area contributed by atoms with Gasteiger partial charge in [0.2, 0.25) is 6.79 Å². The molecule has 1 aliphatic heterocycles. The Morgan fingerprint density at radius 2 is 1.89 bits per heavy atom. The lowest BCUT2D eigenvalue weighted by molar-refractivity contribution is 0.102. The van der Waals surface area contributed by atoms with Crippen molar-refractivity contribution in [3.63, 3.8) is 0 Å². The van der Waals surface area contributed by atoms with Crippen LogP contribution in [0.1, 0.15) is 21.6 Å². The number of amides is 1. The molecule has 0 bridgehead atoms. The number of nitrogens with one attached hydrogen (secondary N) is 2. The molecule has 0 unspecified atom stereocenters. The number of ether oxygens (including phenoxy) is 2. The van der Waals surface area contributed by atoms with Crippen molar-refractivity contribution >= 4 is 17.4 Å². The summed E-state index contributed by atoms with van der Waals surface area (Å²) in [5, 5.41) is 14.1. The van der Waals surface area contributed by atoms with Gasteiger partial charge in [-0.15, -0.1) is 10.2 Å². The van der Waals surface area contributed by atoms with Crippen LogP contribution in [0.15, 0.2) is 54.6 Å². The predicted octanol–water partition coefficient (Wildman–Crippen LogP) is 3.38. The van der Waals surface area contributed by atoms with E-state index in [4.69, 9.17) is 9.47 Å². The summed E-state index contributed by atoms with van der Waals surface area (Å²) in [7, 11) is 0. The zero-order valence-electron chi connectivity index (χ0n) is 14.7. The van der Waals surface area contributed by atoms with Gasteiger partial charge in [0.1, 0.15) is 5.82 Å². The van der Waals surface area contributed by atoms with Crippen molar-refractivity contribution in [2.45, 2.75) is 13.5 Å². The average molecular weight is 362 g/mol. The molecule has 0 atom stereocenters. The van der Waals surface area contributed by atoms with E-state index < -0.39 is 0 Å². The average Bonchev–Trinajstić information content (AvgIpc) is 3.15. The highest BCUT2D eigenvalue weighted by molar-refractivity contribution is 6.03. The van der Waals surface area contributed by atoms with E-state index in [2.05, 4.69) is 39.9 Å². The highest BCUT2D eigenvalue weighted by Gasteiger charge is 2.15. The molecule has 0 radical (unpaired) electrons. The van der Waals surface area contributed by atoms with Crippen molar-refractivity contribution in [1.82, 2.24) is 10.2 Å². The summed E-state index contributed by atoms with van der Waals surface area (Å²) in [5.74, 6) is 1.54. The number of fused-ring (bicyclic) bond motifs is 1. The van der Waals surface area contributed by atoms with Gasteiger partial charge in [0, 0.05) is 18.3 Å². The molecule has 2 aromatic carbocycles. The number of anilines is 2. The van der Waals surface area contributed by atoms with Crippen LogP contribution in [-0.2, 0) is 6.54 Å². The van der Waals surface area contributed by atoms with Crippen molar-refractivity contribution in [2.75, 3.05) is 17.4 Å². The third-order valence-corrected chi connectivity index (χ3v) is 4.25. The molecule has 7 heteroatoms. The molecule has 4 rings (SSSR count). The summed E-state index contributed by atoms with van der Waals surface area (Å²) in [6, 6.07) is 16.7. The Bertz CT molecular complexity index is 973. The highest BCUT2D eigenvalue weighted by Crippen LogP contribution is 2.34. The normalized spacial score (nSPS) is 11.9. The Morgan fingerprint density at radius 1 is 1.04 bits per heavy atom. The lowest BCUT2D eigenvalue weighted by Gasteiger charge is -2.08. The molecule has 0 aliphatic carbocycles. The summed E-state index contributed by atoms with van der Waals surface area (Å²) >= 11 is 0. The van der Waals surface area contributed by atoms with Crippen molar-refractivity contribution in [3.05, 3.63) is 71.4 Å². The molecule has 1 aromatic heterocycles. The Kier molecular flexibility index (Phi) is 4.57. The van der Waals surface area contributed by atoms with E-state index in [0.717, 1.165) is 0 Å². The SMILES string of the molecule is Cc1ccccc1CNc1ccc(C(=O)Nc2ccc3c(c2)OCO3)nn1. The van der Waals surface area contributed by atoms with Crippen LogP contribution in [0.5, 0.6) is 11.5 Å². The fourth-order valence-corrected chi connectivity index (χ4v) is 2.71. The van der Waals surface area contributed by atoms with Crippen molar-refractivity contribution < 1.29 is 14.3 Å². The number of nitrogens with zero attached hydrogens (tertiary/aromatic N) is 2. The molecular weight excluding hydrogens is 344 g/mol. The molecule has 0 spiro atoms. The van der Waals surface area contributed by atoms with Crippen LogP contribution in [0.4, 0.5) is 11.5 Å². The van der Waals surface area contributed by atoms with Crippen molar-refractivity contribution in [3.8, 4) is 11.5 Å². The quantitative estimate of drug-likeness (QED) is 0.724. The molecule has 136 valence electrons. The van der Waals surface area contributed by atoms with Crippen LogP contribution in [0.2, 0.25) is 0 Å². The molecule has 0 saturated heterocycles. The smallest absolute Gasteiger partial charge is 0.276 e. The first-order valence-electron chi connectivity index (χ1n) is 8.52. The number of hydrogen-bond acceptors (Lipinski definition) is 6. The summed E-state index contributed by atoms with van der Waals surface area (Å²) in [4.78, 5) is 12.3. The maximum absolute atomic E-state index is 12.3. The second kappa shape index (κ2) is 7.33. The summed E-state index contributed by atoms with van der Waals surface area (Å²) in [6.45, 7) is 2.89. The van der Waals surface area contributed by atoms with Gasteiger partial charge in [0.05, 0.1) is 0 Å². The second-order valence-electron chi connectivity index (χ2n) is 6.11. The maximum atomic E-state index is 12.3. The van der Waals surface area contributed by atoms with E-state index >= 15 is 0 Å². The number of carbonyl (C=O) groups excluding carboxylic acids is 1. The fourth-order valence-electron chi connectivity index (χ4n) is 2.71. The van der Waals surface area contributed by atoms with E-state index in [0.29, 0.717) is 29.5 Å². The zero-order chi connectivity index (χ0) is 18.6. The number of rotatable bonds is 5. The minimum atomic E-state index is -0.341.